The molecule has 0 saturated heterocycles. The van der Waals surface area contributed by atoms with Gasteiger partial charge in [-0.1, -0.05) is 59.8 Å². The van der Waals surface area contributed by atoms with Crippen molar-refractivity contribution < 1.29 is 0 Å². The van der Waals surface area contributed by atoms with Gasteiger partial charge in [0.05, 0.1) is 0 Å². The zero-order valence-electron chi connectivity index (χ0n) is 11.7. The molecule has 0 aliphatic heterocycles. The Morgan fingerprint density at radius 2 is 1.00 bits per heavy atom. The molecule has 20 heavy (non-hydrogen) atoms. The first-order valence-electron chi connectivity index (χ1n) is 8.35. The van der Waals surface area contributed by atoms with Crippen LogP contribution in [0.15, 0.2) is 59.8 Å². The molecule has 6 aliphatic carbocycles. The maximum atomic E-state index is 2.54. The Balaban J connectivity index is 1.48. The number of allylic oxidation sites excluding steroid dienone is 10. The van der Waals surface area contributed by atoms with E-state index in [1.54, 1.807) is 0 Å². The van der Waals surface area contributed by atoms with Crippen LogP contribution in [0.5, 0.6) is 0 Å². The standard InChI is InChI=1S/C20H20/c1-3-13-9-17(15-7-5-11(1)19(13)15)18-10-14-4-2-12-6-8-16(18)20(12)14/h1-8,11-16,19-20H,9-10H2/b18-17+/t11-,12+,13-,14+,15-,16-,19-,20-/m1/s1. The first kappa shape index (κ1) is 10.4. The molecule has 0 aromatic carbocycles. The van der Waals surface area contributed by atoms with Crippen molar-refractivity contribution in [3.8, 4) is 0 Å². The zero-order valence-corrected chi connectivity index (χ0v) is 11.7. The molecule has 0 bridgehead atoms. The summed E-state index contributed by atoms with van der Waals surface area (Å²) in [5, 5.41) is 0. The zero-order chi connectivity index (χ0) is 12.8. The smallest absolute Gasteiger partial charge is 0.00227 e. The van der Waals surface area contributed by atoms with Gasteiger partial charge in [0.1, 0.15) is 0 Å². The molecule has 0 radical (unpaired) electrons. The van der Waals surface area contributed by atoms with Gasteiger partial charge in [0.15, 0.2) is 0 Å². The van der Waals surface area contributed by atoms with Crippen molar-refractivity contribution in [1.82, 2.24) is 0 Å². The molecular formula is C20H20. The highest BCUT2D eigenvalue weighted by molar-refractivity contribution is 5.44. The molecule has 0 unspecified atom stereocenters. The molecule has 0 nitrogen and oxygen atoms in total. The van der Waals surface area contributed by atoms with Gasteiger partial charge in [0, 0.05) is 11.8 Å². The minimum absolute atomic E-state index is 0.760. The average molecular weight is 260 g/mol. The fourth-order valence-electron chi connectivity index (χ4n) is 6.35. The van der Waals surface area contributed by atoms with Gasteiger partial charge in [-0.05, 0) is 48.3 Å². The average Bonchev–Trinajstić information content (AvgIpc) is 3.18. The van der Waals surface area contributed by atoms with Crippen LogP contribution in [0.4, 0.5) is 0 Å². The number of hydrogen-bond donors (Lipinski definition) is 0. The summed E-state index contributed by atoms with van der Waals surface area (Å²) in [4.78, 5) is 0. The molecule has 6 rings (SSSR count). The third-order valence-electron chi connectivity index (χ3n) is 7.08. The van der Waals surface area contributed by atoms with Crippen LogP contribution in [0.25, 0.3) is 0 Å². The molecule has 0 heterocycles. The fraction of sp³-hybridized carbons (Fsp3) is 0.500. The van der Waals surface area contributed by atoms with Gasteiger partial charge >= 0.3 is 0 Å². The number of rotatable bonds is 0. The lowest BCUT2D eigenvalue weighted by atomic mass is 9.85. The topological polar surface area (TPSA) is 0 Å². The third-order valence-corrected chi connectivity index (χ3v) is 7.08. The van der Waals surface area contributed by atoms with Crippen molar-refractivity contribution in [2.24, 2.45) is 47.3 Å². The van der Waals surface area contributed by atoms with Crippen LogP contribution in [-0.2, 0) is 0 Å². The molecule has 0 aromatic rings. The second-order valence-electron chi connectivity index (χ2n) is 7.69. The van der Waals surface area contributed by atoms with Gasteiger partial charge in [0.25, 0.3) is 0 Å². The summed E-state index contributed by atoms with van der Waals surface area (Å²) in [6.45, 7) is 0. The largest absolute Gasteiger partial charge is 0.0842 e. The number of hydrogen-bond acceptors (Lipinski definition) is 0. The van der Waals surface area contributed by atoms with Crippen LogP contribution in [0.2, 0.25) is 0 Å². The van der Waals surface area contributed by atoms with E-state index < -0.39 is 0 Å². The monoisotopic (exact) mass is 260 g/mol. The Labute approximate surface area is 120 Å². The normalized spacial score (nSPS) is 59.2. The van der Waals surface area contributed by atoms with E-state index in [-0.39, 0.29) is 0 Å². The Morgan fingerprint density at radius 3 is 1.50 bits per heavy atom. The summed E-state index contributed by atoms with van der Waals surface area (Å²) < 4.78 is 0. The van der Waals surface area contributed by atoms with Crippen molar-refractivity contribution in [2.45, 2.75) is 12.8 Å². The first-order chi connectivity index (χ1) is 9.90. The van der Waals surface area contributed by atoms with Gasteiger partial charge in [-0.2, -0.15) is 0 Å². The summed E-state index contributed by atoms with van der Waals surface area (Å²) in [6, 6.07) is 0. The summed E-state index contributed by atoms with van der Waals surface area (Å²) >= 11 is 0. The fourth-order valence-corrected chi connectivity index (χ4v) is 6.35. The Bertz CT molecular complexity index is 585. The summed E-state index contributed by atoms with van der Waals surface area (Å²) in [5.74, 6) is 6.57. The highest BCUT2D eigenvalue weighted by Gasteiger charge is 2.51. The minimum atomic E-state index is 0.760. The second-order valence-corrected chi connectivity index (χ2v) is 7.69. The predicted octanol–water partition coefficient (Wildman–Crippen LogP) is 4.30. The maximum absolute atomic E-state index is 2.54. The van der Waals surface area contributed by atoms with Gasteiger partial charge in [-0.15, -0.1) is 0 Å². The van der Waals surface area contributed by atoms with E-state index >= 15 is 0 Å². The van der Waals surface area contributed by atoms with E-state index in [4.69, 9.17) is 0 Å². The third kappa shape index (κ3) is 1.05. The Kier molecular flexibility index (Phi) is 1.72. The van der Waals surface area contributed by atoms with Crippen molar-refractivity contribution in [2.75, 3.05) is 0 Å². The second kappa shape index (κ2) is 3.30. The lowest BCUT2D eigenvalue weighted by Gasteiger charge is -2.19. The molecule has 0 aromatic heterocycles. The molecule has 100 valence electrons. The first-order valence-corrected chi connectivity index (χ1v) is 8.35. The molecule has 2 saturated carbocycles. The Hall–Kier alpha value is -1.30. The van der Waals surface area contributed by atoms with Gasteiger partial charge < -0.3 is 0 Å². The molecule has 2 fully saturated rings. The van der Waals surface area contributed by atoms with E-state index in [9.17, 15) is 0 Å². The quantitative estimate of drug-likeness (QED) is 0.570. The molecule has 0 N–H and O–H groups in total. The molecule has 8 atom stereocenters. The van der Waals surface area contributed by atoms with E-state index in [1.165, 1.54) is 12.8 Å². The van der Waals surface area contributed by atoms with Crippen LogP contribution in [-0.4, -0.2) is 0 Å². The van der Waals surface area contributed by atoms with Crippen LogP contribution in [0, 0.1) is 47.3 Å². The molecule has 0 amide bonds. The van der Waals surface area contributed by atoms with E-state index in [0.29, 0.717) is 0 Å². The summed E-state index contributed by atoms with van der Waals surface area (Å²) in [7, 11) is 0. The van der Waals surface area contributed by atoms with Gasteiger partial charge in [0.2, 0.25) is 0 Å². The van der Waals surface area contributed by atoms with E-state index in [2.05, 4.69) is 48.6 Å². The Morgan fingerprint density at radius 1 is 0.550 bits per heavy atom. The minimum Gasteiger partial charge on any atom is -0.0842 e. The van der Waals surface area contributed by atoms with Gasteiger partial charge in [-0.25, -0.2) is 0 Å². The molecule has 0 spiro atoms. The van der Waals surface area contributed by atoms with E-state index in [0.717, 1.165) is 47.3 Å². The van der Waals surface area contributed by atoms with Crippen molar-refractivity contribution in [3.63, 3.8) is 0 Å². The van der Waals surface area contributed by atoms with E-state index in [1.807, 2.05) is 11.1 Å². The SMILES string of the molecule is C1=C[C@@H]2C/C(=C3/C[C@@H]4C=C[C@H]5C=C[C@H]3[C@H]54)[C@H]3C=C[C@@H]1[C@H]23. The summed E-state index contributed by atoms with van der Waals surface area (Å²) in [6.07, 6.45) is 22.7. The highest BCUT2D eigenvalue weighted by atomic mass is 14.6. The van der Waals surface area contributed by atoms with Crippen LogP contribution in [0.3, 0.4) is 0 Å². The molecule has 0 heteroatoms. The van der Waals surface area contributed by atoms with Gasteiger partial charge in [-0.3, -0.25) is 0 Å². The van der Waals surface area contributed by atoms with Crippen LogP contribution in [0.1, 0.15) is 12.8 Å². The maximum Gasteiger partial charge on any atom is 0.00227 e. The van der Waals surface area contributed by atoms with Crippen LogP contribution >= 0.6 is 0 Å². The van der Waals surface area contributed by atoms with Crippen LogP contribution < -0.4 is 0 Å². The lowest BCUT2D eigenvalue weighted by molar-refractivity contribution is 0.402. The predicted molar refractivity (Wildman–Crippen MR) is 80.7 cm³/mol. The summed E-state index contributed by atoms with van der Waals surface area (Å²) in [5.41, 5.74) is 3.70. The highest BCUT2D eigenvalue weighted by Crippen LogP contribution is 2.61. The lowest BCUT2D eigenvalue weighted by Crippen LogP contribution is -2.12. The van der Waals surface area contributed by atoms with Crippen molar-refractivity contribution in [3.05, 3.63) is 59.8 Å². The molecular weight excluding hydrogens is 240 g/mol. The van der Waals surface area contributed by atoms with Crippen molar-refractivity contribution >= 4 is 0 Å². The van der Waals surface area contributed by atoms with Crippen molar-refractivity contribution in [1.29, 1.82) is 0 Å². The molecule has 6 aliphatic rings.